The molecule has 154 valence electrons. The van der Waals surface area contributed by atoms with Crippen molar-refractivity contribution in [2.45, 2.75) is 6.92 Å². The number of nitrogens with zero attached hydrogens (tertiary/aromatic N) is 1. The fourth-order valence-electron chi connectivity index (χ4n) is 3.07. The molecule has 0 fully saturated rings. The van der Waals surface area contributed by atoms with Crippen molar-refractivity contribution in [1.29, 1.82) is 0 Å². The van der Waals surface area contributed by atoms with Crippen molar-refractivity contribution in [2.75, 3.05) is 5.32 Å². The second kappa shape index (κ2) is 8.89. The average molecular weight is 431 g/mol. The minimum absolute atomic E-state index is 0.228. The minimum atomic E-state index is -0.474. The summed E-state index contributed by atoms with van der Waals surface area (Å²) >= 11 is 1.51. The first-order chi connectivity index (χ1) is 15.0. The zero-order chi connectivity index (χ0) is 21.8. The van der Waals surface area contributed by atoms with Crippen LogP contribution in [-0.4, -0.2) is 17.5 Å². The van der Waals surface area contributed by atoms with Gasteiger partial charge < -0.3 is 5.32 Å². The lowest BCUT2D eigenvalue weighted by Gasteiger charge is -2.08. The van der Waals surface area contributed by atoms with Crippen molar-refractivity contribution in [1.82, 2.24) is 5.43 Å². The lowest BCUT2D eigenvalue weighted by atomic mass is 10.1. The van der Waals surface area contributed by atoms with E-state index in [1.165, 1.54) is 29.5 Å². The summed E-state index contributed by atoms with van der Waals surface area (Å²) in [7, 11) is 0. The maximum Gasteiger partial charge on any atom is 0.272 e. The van der Waals surface area contributed by atoms with Gasteiger partial charge in [-0.2, -0.15) is 5.10 Å². The molecule has 1 aromatic heterocycles. The number of hydrogen-bond donors (Lipinski definition) is 2. The first-order valence-electron chi connectivity index (χ1n) is 9.49. The number of fused-ring (bicyclic) bond motifs is 1. The fourth-order valence-corrected chi connectivity index (χ4v) is 4.01. The van der Waals surface area contributed by atoms with Gasteiger partial charge in [0.15, 0.2) is 0 Å². The third-order valence-corrected chi connectivity index (χ3v) is 5.64. The highest BCUT2D eigenvalue weighted by atomic mass is 32.1. The Morgan fingerprint density at radius 3 is 2.52 bits per heavy atom. The molecule has 0 unspecified atom stereocenters. The molecular formula is C24H18FN3O2S. The number of rotatable bonds is 5. The van der Waals surface area contributed by atoms with Gasteiger partial charge in [-0.15, -0.1) is 11.3 Å². The van der Waals surface area contributed by atoms with E-state index in [1.807, 2.05) is 35.7 Å². The van der Waals surface area contributed by atoms with Crippen LogP contribution in [-0.2, 0) is 0 Å². The van der Waals surface area contributed by atoms with Crippen LogP contribution >= 0.6 is 11.3 Å². The molecule has 4 rings (SSSR count). The molecule has 0 bridgehead atoms. The third-order valence-electron chi connectivity index (χ3n) is 4.68. The number of hydrogen-bond acceptors (Lipinski definition) is 4. The maximum atomic E-state index is 13.3. The van der Waals surface area contributed by atoms with E-state index in [9.17, 15) is 14.0 Å². The molecule has 0 aliphatic rings. The fraction of sp³-hybridized carbons (Fsp3) is 0.0417. The van der Waals surface area contributed by atoms with Gasteiger partial charge in [0.1, 0.15) is 5.82 Å². The molecular weight excluding hydrogens is 413 g/mol. The summed E-state index contributed by atoms with van der Waals surface area (Å²) in [5.41, 5.74) is 5.25. The summed E-state index contributed by atoms with van der Waals surface area (Å²) in [6.07, 6.45) is 0. The van der Waals surface area contributed by atoms with Gasteiger partial charge >= 0.3 is 0 Å². The normalized spacial score (nSPS) is 11.4. The van der Waals surface area contributed by atoms with Crippen LogP contribution in [0.1, 0.15) is 33.2 Å². The Balaban J connectivity index is 1.47. The van der Waals surface area contributed by atoms with E-state index in [0.717, 1.165) is 15.6 Å². The highest BCUT2D eigenvalue weighted by Gasteiger charge is 2.12. The zero-order valence-corrected chi connectivity index (χ0v) is 17.4. The van der Waals surface area contributed by atoms with E-state index < -0.39 is 11.7 Å². The molecule has 4 aromatic rings. The molecule has 2 amide bonds. The van der Waals surface area contributed by atoms with Crippen LogP contribution in [0.3, 0.4) is 0 Å². The second-order valence-corrected chi connectivity index (χ2v) is 7.74. The molecule has 0 saturated heterocycles. The van der Waals surface area contributed by atoms with Gasteiger partial charge in [-0.3, -0.25) is 9.59 Å². The van der Waals surface area contributed by atoms with E-state index in [2.05, 4.69) is 15.8 Å². The number of amides is 2. The summed E-state index contributed by atoms with van der Waals surface area (Å²) in [5, 5.41) is 9.65. The molecule has 31 heavy (non-hydrogen) atoms. The number of hydrazone groups is 1. The molecule has 0 atom stereocenters. The topological polar surface area (TPSA) is 70.6 Å². The number of thiophene rings is 1. The summed E-state index contributed by atoms with van der Waals surface area (Å²) in [4.78, 5) is 24.9. The first kappa shape index (κ1) is 20.4. The van der Waals surface area contributed by atoms with E-state index in [1.54, 1.807) is 31.2 Å². The van der Waals surface area contributed by atoms with Crippen LogP contribution in [0.2, 0.25) is 0 Å². The highest BCUT2D eigenvalue weighted by Crippen LogP contribution is 2.25. The van der Waals surface area contributed by atoms with Crippen molar-refractivity contribution < 1.29 is 14.0 Å². The largest absolute Gasteiger partial charge is 0.322 e. The van der Waals surface area contributed by atoms with Crippen LogP contribution in [0.25, 0.3) is 10.1 Å². The lowest BCUT2D eigenvalue weighted by molar-refractivity contribution is 0.0956. The number of carbonyl (C=O) groups is 2. The summed E-state index contributed by atoms with van der Waals surface area (Å²) < 4.78 is 14.4. The highest BCUT2D eigenvalue weighted by molar-refractivity contribution is 7.17. The average Bonchev–Trinajstić information content (AvgIpc) is 3.22. The monoisotopic (exact) mass is 431 g/mol. The lowest BCUT2D eigenvalue weighted by Crippen LogP contribution is -2.19. The Kier molecular flexibility index (Phi) is 5.86. The molecule has 5 nitrogen and oxygen atoms in total. The molecule has 3 aromatic carbocycles. The Bertz CT molecular complexity index is 1310. The summed E-state index contributed by atoms with van der Waals surface area (Å²) in [6, 6.07) is 20.2. The van der Waals surface area contributed by atoms with E-state index >= 15 is 0 Å². The molecule has 0 spiro atoms. The van der Waals surface area contributed by atoms with Crippen molar-refractivity contribution >= 4 is 44.6 Å². The van der Waals surface area contributed by atoms with Gasteiger partial charge in [-0.05, 0) is 48.9 Å². The number of nitrogens with one attached hydrogen (secondary N) is 2. The third kappa shape index (κ3) is 4.67. The Labute approximate surface area is 182 Å². The van der Waals surface area contributed by atoms with Crippen molar-refractivity contribution in [2.24, 2.45) is 5.10 Å². The first-order valence-corrected chi connectivity index (χ1v) is 10.4. The zero-order valence-electron chi connectivity index (χ0n) is 16.6. The maximum absolute atomic E-state index is 13.3. The van der Waals surface area contributed by atoms with Gasteiger partial charge in [0.05, 0.1) is 11.3 Å². The van der Waals surface area contributed by atoms with Gasteiger partial charge in [-0.1, -0.05) is 36.4 Å². The second-order valence-electron chi connectivity index (χ2n) is 6.83. The molecule has 0 aliphatic heterocycles. The van der Waals surface area contributed by atoms with E-state index in [4.69, 9.17) is 0 Å². The Hall–Kier alpha value is -3.84. The smallest absolute Gasteiger partial charge is 0.272 e. The summed E-state index contributed by atoms with van der Waals surface area (Å²) in [6.45, 7) is 1.76. The van der Waals surface area contributed by atoms with Crippen LogP contribution in [0.15, 0.2) is 83.3 Å². The number of halogens is 1. The van der Waals surface area contributed by atoms with Gasteiger partial charge in [0.25, 0.3) is 11.8 Å². The van der Waals surface area contributed by atoms with E-state index in [-0.39, 0.29) is 11.5 Å². The van der Waals surface area contributed by atoms with Crippen LogP contribution in [0.5, 0.6) is 0 Å². The standard InChI is InChI=1S/C24H18FN3O2S/c1-15(27-28-24(30)21-14-31-22-11-3-2-10-20(21)22)16-6-5-9-19(13-16)26-23(29)17-7-4-8-18(25)12-17/h2-14H,1H3,(H,26,29)(H,28,30). The number of benzene rings is 3. The minimum Gasteiger partial charge on any atom is -0.322 e. The van der Waals surface area contributed by atoms with Crippen LogP contribution in [0.4, 0.5) is 10.1 Å². The number of anilines is 1. The predicted octanol–water partition coefficient (Wildman–Crippen LogP) is 5.45. The van der Waals surface area contributed by atoms with Crippen molar-refractivity contribution in [3.05, 3.63) is 101 Å². The molecule has 7 heteroatoms. The van der Waals surface area contributed by atoms with Gasteiger partial charge in [-0.25, -0.2) is 9.82 Å². The molecule has 2 N–H and O–H groups in total. The predicted molar refractivity (Wildman–Crippen MR) is 122 cm³/mol. The Morgan fingerprint density at radius 1 is 0.903 bits per heavy atom. The molecule has 1 heterocycles. The van der Waals surface area contributed by atoms with Gasteiger partial charge in [0.2, 0.25) is 0 Å². The number of carbonyl (C=O) groups excluding carboxylic acids is 2. The van der Waals surface area contributed by atoms with Crippen molar-refractivity contribution in [3.8, 4) is 0 Å². The van der Waals surface area contributed by atoms with Gasteiger partial charge in [0, 0.05) is 26.7 Å². The Morgan fingerprint density at radius 2 is 1.68 bits per heavy atom. The molecule has 0 saturated carbocycles. The van der Waals surface area contributed by atoms with E-state index in [0.29, 0.717) is 17.0 Å². The van der Waals surface area contributed by atoms with Crippen LogP contribution < -0.4 is 10.7 Å². The summed E-state index contributed by atoms with van der Waals surface area (Å²) in [5.74, 6) is -1.17. The quantitative estimate of drug-likeness (QED) is 0.326. The molecule has 0 radical (unpaired) electrons. The van der Waals surface area contributed by atoms with Crippen molar-refractivity contribution in [3.63, 3.8) is 0 Å². The SMILES string of the molecule is CC(=NNC(=O)c1csc2ccccc12)c1cccc(NC(=O)c2cccc(F)c2)c1. The van der Waals surface area contributed by atoms with Crippen LogP contribution in [0, 0.1) is 5.82 Å². The molecule has 0 aliphatic carbocycles.